The lowest BCUT2D eigenvalue weighted by Gasteiger charge is -2.20. The highest BCUT2D eigenvalue weighted by atomic mass is 32.1. The van der Waals surface area contributed by atoms with Crippen molar-refractivity contribution in [2.45, 2.75) is 26.2 Å². The molecule has 1 heterocycles. The number of unbranched alkanes of at least 4 members (excludes halogenated alkanes) is 1. The number of hydrogen-bond acceptors (Lipinski definition) is 3. The number of anilines is 2. The second-order valence-corrected chi connectivity index (χ2v) is 7.56. The van der Waals surface area contributed by atoms with Gasteiger partial charge in [-0.25, -0.2) is 0 Å². The number of para-hydroxylation sites is 1. The summed E-state index contributed by atoms with van der Waals surface area (Å²) in [4.78, 5) is 27.7. The fourth-order valence-electron chi connectivity index (χ4n) is 2.97. The average molecular weight is 393 g/mol. The number of benzene rings is 2. The predicted molar refractivity (Wildman–Crippen MR) is 117 cm³/mol. The number of thiophene rings is 1. The molecule has 28 heavy (non-hydrogen) atoms. The van der Waals surface area contributed by atoms with E-state index in [1.165, 1.54) is 21.8 Å². The summed E-state index contributed by atoms with van der Waals surface area (Å²) in [6.07, 6.45) is 3.36. The number of rotatable bonds is 7. The van der Waals surface area contributed by atoms with E-state index >= 15 is 0 Å². The van der Waals surface area contributed by atoms with Crippen molar-refractivity contribution >= 4 is 34.5 Å². The summed E-state index contributed by atoms with van der Waals surface area (Å²) in [7, 11) is 1.69. The van der Waals surface area contributed by atoms with E-state index in [-0.39, 0.29) is 11.8 Å². The van der Waals surface area contributed by atoms with Gasteiger partial charge in [0.2, 0.25) is 0 Å². The van der Waals surface area contributed by atoms with Crippen molar-refractivity contribution in [3.63, 3.8) is 0 Å². The lowest BCUT2D eigenvalue weighted by atomic mass is 10.1. The molecule has 3 aromatic rings. The smallest absolute Gasteiger partial charge is 0.268 e. The highest BCUT2D eigenvalue weighted by molar-refractivity contribution is 7.12. The molecule has 0 fully saturated rings. The van der Waals surface area contributed by atoms with Crippen LogP contribution in [0, 0.1) is 0 Å². The van der Waals surface area contributed by atoms with Crippen LogP contribution in [0.2, 0.25) is 0 Å². The van der Waals surface area contributed by atoms with E-state index in [1.807, 2.05) is 41.8 Å². The van der Waals surface area contributed by atoms with Gasteiger partial charge in [0.25, 0.3) is 11.8 Å². The summed E-state index contributed by atoms with van der Waals surface area (Å²) in [5, 5.41) is 4.80. The zero-order valence-corrected chi connectivity index (χ0v) is 17.0. The quantitative estimate of drug-likeness (QED) is 0.567. The van der Waals surface area contributed by atoms with Gasteiger partial charge in [-0.1, -0.05) is 43.7 Å². The molecule has 0 saturated heterocycles. The van der Waals surface area contributed by atoms with Crippen LogP contribution in [0.4, 0.5) is 11.4 Å². The molecule has 0 unspecified atom stereocenters. The Bertz CT molecular complexity index is 934. The molecule has 0 atom stereocenters. The van der Waals surface area contributed by atoms with Crippen molar-refractivity contribution in [2.24, 2.45) is 0 Å². The molecule has 3 rings (SSSR count). The van der Waals surface area contributed by atoms with Gasteiger partial charge in [-0.05, 0) is 54.1 Å². The number of carbonyl (C=O) groups is 2. The third kappa shape index (κ3) is 4.67. The normalized spacial score (nSPS) is 10.5. The number of nitrogens with one attached hydrogen (secondary N) is 1. The minimum absolute atomic E-state index is 0.129. The van der Waals surface area contributed by atoms with Crippen LogP contribution in [0.5, 0.6) is 0 Å². The van der Waals surface area contributed by atoms with E-state index in [2.05, 4.69) is 12.2 Å². The van der Waals surface area contributed by atoms with Crippen LogP contribution in [-0.2, 0) is 6.42 Å². The Kier molecular flexibility index (Phi) is 6.61. The Morgan fingerprint density at radius 2 is 1.75 bits per heavy atom. The van der Waals surface area contributed by atoms with Crippen molar-refractivity contribution in [1.29, 1.82) is 0 Å². The van der Waals surface area contributed by atoms with E-state index in [9.17, 15) is 9.59 Å². The molecule has 1 aromatic heterocycles. The van der Waals surface area contributed by atoms with Crippen molar-refractivity contribution in [3.8, 4) is 0 Å². The van der Waals surface area contributed by atoms with E-state index in [1.54, 1.807) is 31.3 Å². The van der Waals surface area contributed by atoms with Gasteiger partial charge >= 0.3 is 0 Å². The first kappa shape index (κ1) is 19.8. The monoisotopic (exact) mass is 392 g/mol. The summed E-state index contributed by atoms with van der Waals surface area (Å²) < 4.78 is 0. The molecule has 0 bridgehead atoms. The SMILES string of the molecule is CCCCc1ccc(NC(=O)c2ccccc2N(C)C(=O)c2cccs2)cc1. The Hall–Kier alpha value is -2.92. The molecule has 2 amide bonds. The molecular formula is C23H24N2O2S. The summed E-state index contributed by atoms with van der Waals surface area (Å²) in [5.74, 6) is -0.363. The molecule has 0 aliphatic rings. The van der Waals surface area contributed by atoms with Crippen LogP contribution in [0.1, 0.15) is 45.4 Å². The highest BCUT2D eigenvalue weighted by Crippen LogP contribution is 2.24. The number of amides is 2. The zero-order valence-electron chi connectivity index (χ0n) is 16.1. The Morgan fingerprint density at radius 3 is 2.43 bits per heavy atom. The predicted octanol–water partition coefficient (Wildman–Crippen LogP) is 5.62. The highest BCUT2D eigenvalue weighted by Gasteiger charge is 2.20. The van der Waals surface area contributed by atoms with Gasteiger partial charge in [0.15, 0.2) is 0 Å². The Balaban J connectivity index is 1.76. The standard InChI is InChI=1S/C23H24N2O2S/c1-3-4-8-17-12-14-18(15-13-17)24-22(26)19-9-5-6-10-20(19)25(2)23(27)21-11-7-16-28-21/h5-7,9-16H,3-4,8H2,1-2H3,(H,24,26). The third-order valence-corrected chi connectivity index (χ3v) is 5.44. The molecule has 144 valence electrons. The Morgan fingerprint density at radius 1 is 1.00 bits per heavy atom. The van der Waals surface area contributed by atoms with Gasteiger partial charge in [-0.15, -0.1) is 11.3 Å². The van der Waals surface area contributed by atoms with E-state index in [0.717, 1.165) is 24.9 Å². The zero-order chi connectivity index (χ0) is 19.9. The maximum Gasteiger partial charge on any atom is 0.268 e. The minimum Gasteiger partial charge on any atom is -0.322 e. The summed E-state index contributed by atoms with van der Waals surface area (Å²) >= 11 is 1.39. The van der Waals surface area contributed by atoms with Gasteiger partial charge in [0, 0.05) is 12.7 Å². The van der Waals surface area contributed by atoms with Crippen molar-refractivity contribution in [2.75, 3.05) is 17.3 Å². The summed E-state index contributed by atoms with van der Waals surface area (Å²) in [6, 6.07) is 18.7. The van der Waals surface area contributed by atoms with Crippen LogP contribution < -0.4 is 10.2 Å². The number of aryl methyl sites for hydroxylation is 1. The average Bonchev–Trinajstić information content (AvgIpc) is 3.27. The van der Waals surface area contributed by atoms with Crippen molar-refractivity contribution in [3.05, 3.63) is 82.0 Å². The van der Waals surface area contributed by atoms with Crippen LogP contribution in [-0.4, -0.2) is 18.9 Å². The Labute approximate surface area is 169 Å². The molecule has 0 aliphatic heterocycles. The van der Waals surface area contributed by atoms with Crippen LogP contribution in [0.25, 0.3) is 0 Å². The van der Waals surface area contributed by atoms with E-state index < -0.39 is 0 Å². The summed E-state index contributed by atoms with van der Waals surface area (Å²) in [5.41, 5.74) is 3.05. The maximum atomic E-state index is 12.9. The van der Waals surface area contributed by atoms with E-state index in [4.69, 9.17) is 0 Å². The molecular weight excluding hydrogens is 368 g/mol. The molecule has 0 saturated carbocycles. The van der Waals surface area contributed by atoms with Gasteiger partial charge in [-0.3, -0.25) is 9.59 Å². The minimum atomic E-state index is -0.234. The first-order chi connectivity index (χ1) is 13.6. The maximum absolute atomic E-state index is 12.9. The lowest BCUT2D eigenvalue weighted by molar-refractivity contribution is 0.0996. The largest absolute Gasteiger partial charge is 0.322 e. The van der Waals surface area contributed by atoms with Crippen LogP contribution in [0.15, 0.2) is 66.0 Å². The molecule has 0 aliphatic carbocycles. The number of nitrogens with zero attached hydrogens (tertiary/aromatic N) is 1. The van der Waals surface area contributed by atoms with Crippen molar-refractivity contribution < 1.29 is 9.59 Å². The second-order valence-electron chi connectivity index (χ2n) is 6.61. The van der Waals surface area contributed by atoms with Crippen LogP contribution >= 0.6 is 11.3 Å². The second kappa shape index (κ2) is 9.33. The first-order valence-electron chi connectivity index (χ1n) is 9.41. The molecule has 5 heteroatoms. The third-order valence-electron chi connectivity index (χ3n) is 4.58. The van der Waals surface area contributed by atoms with Gasteiger partial charge in [0.1, 0.15) is 0 Å². The molecule has 0 spiro atoms. The van der Waals surface area contributed by atoms with E-state index in [0.29, 0.717) is 16.1 Å². The lowest BCUT2D eigenvalue weighted by Crippen LogP contribution is -2.28. The topological polar surface area (TPSA) is 49.4 Å². The number of carbonyl (C=O) groups excluding carboxylic acids is 2. The fraction of sp³-hybridized carbons (Fsp3) is 0.217. The van der Waals surface area contributed by atoms with Gasteiger partial charge in [-0.2, -0.15) is 0 Å². The molecule has 0 radical (unpaired) electrons. The van der Waals surface area contributed by atoms with Gasteiger partial charge in [0.05, 0.1) is 16.1 Å². The molecule has 1 N–H and O–H groups in total. The summed E-state index contributed by atoms with van der Waals surface area (Å²) in [6.45, 7) is 2.17. The van der Waals surface area contributed by atoms with Gasteiger partial charge < -0.3 is 10.2 Å². The first-order valence-corrected chi connectivity index (χ1v) is 10.3. The molecule has 4 nitrogen and oxygen atoms in total. The van der Waals surface area contributed by atoms with Crippen LogP contribution in [0.3, 0.4) is 0 Å². The molecule has 2 aromatic carbocycles. The fourth-order valence-corrected chi connectivity index (χ4v) is 3.67. The van der Waals surface area contributed by atoms with Crippen molar-refractivity contribution in [1.82, 2.24) is 0 Å². The number of hydrogen-bond donors (Lipinski definition) is 1.